The van der Waals surface area contributed by atoms with Gasteiger partial charge in [-0.15, -0.1) is 0 Å². The lowest BCUT2D eigenvalue weighted by Crippen LogP contribution is -1.86. The van der Waals surface area contributed by atoms with Crippen molar-refractivity contribution in [3.63, 3.8) is 0 Å². The van der Waals surface area contributed by atoms with E-state index in [1.165, 1.54) is 12.8 Å². The van der Waals surface area contributed by atoms with E-state index in [-0.39, 0.29) is 0 Å². The number of rotatable bonds is 6. The molecule has 0 saturated carbocycles. The summed E-state index contributed by atoms with van der Waals surface area (Å²) in [5.74, 6) is 0. The molecule has 1 nitrogen and oxygen atoms in total. The first-order valence-electron chi connectivity index (χ1n) is 5.50. The minimum Gasteiger partial charge on any atom is -0.285 e. The molecular weight excluding hydrogens is 184 g/mol. The van der Waals surface area contributed by atoms with E-state index in [1.807, 2.05) is 42.7 Å². The molecule has 0 spiro atoms. The molecule has 0 bridgehead atoms. The van der Waals surface area contributed by atoms with Gasteiger partial charge in [-0.05, 0) is 24.5 Å². The molecule has 0 aliphatic carbocycles. The largest absolute Gasteiger partial charge is 0.285 e. The predicted octanol–water partition coefficient (Wildman–Crippen LogP) is 3.76. The van der Waals surface area contributed by atoms with E-state index in [1.54, 1.807) is 0 Å². The zero-order chi connectivity index (χ0) is 10.9. The summed E-state index contributed by atoms with van der Waals surface area (Å²) in [6, 6.07) is 9.91. The highest BCUT2D eigenvalue weighted by molar-refractivity contribution is 5.82. The Balaban J connectivity index is 2.58. The van der Waals surface area contributed by atoms with Crippen LogP contribution in [0.15, 0.2) is 35.9 Å². The highest BCUT2D eigenvalue weighted by Crippen LogP contribution is 2.11. The molecule has 0 aliphatic heterocycles. The van der Waals surface area contributed by atoms with Crippen LogP contribution in [0, 0.1) is 0 Å². The van der Waals surface area contributed by atoms with Crippen LogP contribution in [-0.2, 0) is 4.79 Å². The third kappa shape index (κ3) is 4.59. The Labute approximate surface area is 91.8 Å². The quantitative estimate of drug-likeness (QED) is 0.506. The first-order valence-corrected chi connectivity index (χ1v) is 5.50. The van der Waals surface area contributed by atoms with Crippen LogP contribution in [-0.4, -0.2) is 6.29 Å². The number of hydrogen-bond acceptors (Lipinski definition) is 1. The Kier molecular flexibility index (Phi) is 5.46. The van der Waals surface area contributed by atoms with Crippen LogP contribution < -0.4 is 0 Å². The topological polar surface area (TPSA) is 17.1 Å². The van der Waals surface area contributed by atoms with Crippen LogP contribution in [0.5, 0.6) is 0 Å². The van der Waals surface area contributed by atoms with Crippen LogP contribution in [0.3, 0.4) is 0 Å². The Hall–Kier alpha value is -1.37. The molecule has 0 unspecified atom stereocenters. The maximum Gasteiger partial charge on any atom is 0.229 e. The van der Waals surface area contributed by atoms with E-state index in [4.69, 9.17) is 0 Å². The summed E-state index contributed by atoms with van der Waals surface area (Å²) < 4.78 is 0. The lowest BCUT2D eigenvalue weighted by Gasteiger charge is -1.98. The summed E-state index contributed by atoms with van der Waals surface area (Å²) in [6.07, 6.45) is 8.21. The highest BCUT2D eigenvalue weighted by Gasteiger charge is 1.97. The fourth-order valence-electron chi connectivity index (χ4n) is 1.47. The van der Waals surface area contributed by atoms with Crippen molar-refractivity contribution in [3.8, 4) is 0 Å². The van der Waals surface area contributed by atoms with E-state index in [0.29, 0.717) is 0 Å². The Bertz CT molecular complexity index is 311. The van der Waals surface area contributed by atoms with Gasteiger partial charge in [0, 0.05) is 5.57 Å². The van der Waals surface area contributed by atoms with E-state index >= 15 is 0 Å². The molecule has 1 aromatic rings. The lowest BCUT2D eigenvalue weighted by atomic mass is 10.1. The smallest absolute Gasteiger partial charge is 0.229 e. The molecule has 1 radical (unpaired) electrons. The Morgan fingerprint density at radius 1 is 1.27 bits per heavy atom. The van der Waals surface area contributed by atoms with Gasteiger partial charge in [-0.3, -0.25) is 4.79 Å². The van der Waals surface area contributed by atoms with Crippen molar-refractivity contribution in [2.75, 3.05) is 0 Å². The molecule has 79 valence electrons. The Morgan fingerprint density at radius 3 is 2.60 bits per heavy atom. The second-order valence-electron chi connectivity index (χ2n) is 3.64. The molecule has 0 N–H and O–H groups in total. The summed E-state index contributed by atoms with van der Waals surface area (Å²) in [5.41, 5.74) is 1.85. The summed E-state index contributed by atoms with van der Waals surface area (Å²) in [7, 11) is 0. The average Bonchev–Trinajstić information content (AvgIpc) is 2.29. The van der Waals surface area contributed by atoms with Gasteiger partial charge < -0.3 is 0 Å². The predicted molar refractivity (Wildman–Crippen MR) is 64.3 cm³/mol. The van der Waals surface area contributed by atoms with Gasteiger partial charge in [-0.25, -0.2) is 0 Å². The van der Waals surface area contributed by atoms with Crippen molar-refractivity contribution in [2.24, 2.45) is 0 Å². The molecule has 0 atom stereocenters. The average molecular weight is 201 g/mol. The third-order valence-corrected chi connectivity index (χ3v) is 2.32. The minimum absolute atomic E-state index is 0.773. The van der Waals surface area contributed by atoms with Gasteiger partial charge in [-0.1, -0.05) is 50.1 Å². The zero-order valence-corrected chi connectivity index (χ0v) is 9.20. The number of allylic oxidation sites excluding steroid dienone is 1. The van der Waals surface area contributed by atoms with Crippen molar-refractivity contribution in [1.82, 2.24) is 0 Å². The zero-order valence-electron chi connectivity index (χ0n) is 9.20. The SMILES string of the molecule is CCCCCC([C]=O)=Cc1ccccc1. The van der Waals surface area contributed by atoms with Gasteiger partial charge in [0.25, 0.3) is 0 Å². The second kappa shape index (κ2) is 6.99. The first-order chi connectivity index (χ1) is 7.36. The Morgan fingerprint density at radius 2 is 2.00 bits per heavy atom. The van der Waals surface area contributed by atoms with Crippen LogP contribution in [0.4, 0.5) is 0 Å². The second-order valence-corrected chi connectivity index (χ2v) is 3.64. The van der Waals surface area contributed by atoms with Gasteiger partial charge in [-0.2, -0.15) is 0 Å². The maximum absolute atomic E-state index is 10.7. The molecule has 1 heteroatoms. The van der Waals surface area contributed by atoms with Gasteiger partial charge in [0.1, 0.15) is 0 Å². The van der Waals surface area contributed by atoms with Crippen molar-refractivity contribution in [2.45, 2.75) is 32.6 Å². The van der Waals surface area contributed by atoms with Gasteiger partial charge in [0.15, 0.2) is 0 Å². The third-order valence-electron chi connectivity index (χ3n) is 2.32. The fraction of sp³-hybridized carbons (Fsp3) is 0.357. The molecular formula is C14H17O. The lowest BCUT2D eigenvalue weighted by molar-refractivity contribution is 0.559. The van der Waals surface area contributed by atoms with Crippen LogP contribution in [0.2, 0.25) is 0 Å². The molecule has 0 aromatic heterocycles. The standard InChI is InChI=1S/C14H17O/c1-2-3-5-10-14(12-15)11-13-8-6-4-7-9-13/h4,6-9,11H,2-3,5,10H2,1H3. The summed E-state index contributed by atoms with van der Waals surface area (Å²) in [6.45, 7) is 2.16. The molecule has 1 rings (SSSR count). The molecule has 0 heterocycles. The summed E-state index contributed by atoms with van der Waals surface area (Å²) >= 11 is 0. The normalized spacial score (nSPS) is 11.4. The van der Waals surface area contributed by atoms with Crippen molar-refractivity contribution in [1.29, 1.82) is 0 Å². The monoisotopic (exact) mass is 201 g/mol. The molecule has 0 amide bonds. The minimum atomic E-state index is 0.773. The van der Waals surface area contributed by atoms with Crippen LogP contribution >= 0.6 is 0 Å². The van der Waals surface area contributed by atoms with Crippen molar-refractivity contribution >= 4 is 12.4 Å². The molecule has 15 heavy (non-hydrogen) atoms. The van der Waals surface area contributed by atoms with E-state index < -0.39 is 0 Å². The fourth-order valence-corrected chi connectivity index (χ4v) is 1.47. The van der Waals surface area contributed by atoms with Gasteiger partial charge in [0.05, 0.1) is 0 Å². The van der Waals surface area contributed by atoms with Crippen molar-refractivity contribution in [3.05, 3.63) is 41.5 Å². The maximum atomic E-state index is 10.7. The van der Waals surface area contributed by atoms with Crippen molar-refractivity contribution < 1.29 is 4.79 Å². The first kappa shape index (κ1) is 11.7. The number of benzene rings is 1. The molecule has 0 saturated heterocycles. The van der Waals surface area contributed by atoms with E-state index in [2.05, 4.69) is 6.92 Å². The molecule has 0 fully saturated rings. The van der Waals surface area contributed by atoms with Crippen LogP contribution in [0.25, 0.3) is 6.08 Å². The van der Waals surface area contributed by atoms with E-state index in [9.17, 15) is 4.79 Å². The summed E-state index contributed by atoms with van der Waals surface area (Å²) in [5, 5.41) is 0. The molecule has 0 aliphatic rings. The summed E-state index contributed by atoms with van der Waals surface area (Å²) in [4.78, 5) is 10.7. The number of carbonyl (C=O) groups excluding carboxylic acids is 1. The number of hydrogen-bond donors (Lipinski definition) is 0. The highest BCUT2D eigenvalue weighted by atomic mass is 16.1. The van der Waals surface area contributed by atoms with E-state index in [0.717, 1.165) is 24.0 Å². The van der Waals surface area contributed by atoms with Gasteiger partial charge >= 0.3 is 0 Å². The number of unbranched alkanes of at least 4 members (excludes halogenated alkanes) is 2. The van der Waals surface area contributed by atoms with Gasteiger partial charge in [0.2, 0.25) is 6.29 Å². The van der Waals surface area contributed by atoms with Crippen LogP contribution in [0.1, 0.15) is 38.2 Å². The molecule has 1 aromatic carbocycles.